The molecule has 0 saturated heterocycles. The number of halogens is 1. The van der Waals surface area contributed by atoms with Gasteiger partial charge in [-0.1, -0.05) is 0 Å². The minimum atomic E-state index is 0.543. The van der Waals surface area contributed by atoms with Crippen LogP contribution in [0.25, 0.3) is 0 Å². The average Bonchev–Trinajstić information content (AvgIpc) is 2.12. The fourth-order valence-electron chi connectivity index (χ4n) is 0.880. The van der Waals surface area contributed by atoms with E-state index in [0.29, 0.717) is 18.0 Å². The molecular formula is C9H8BrNO2. The molecule has 0 spiro atoms. The maximum atomic E-state index is 9.98. The van der Waals surface area contributed by atoms with Crippen LogP contribution in [0, 0.1) is 0 Å². The topological polar surface area (TPSA) is 38.7 Å². The van der Waals surface area contributed by atoms with Crippen molar-refractivity contribution in [2.75, 3.05) is 6.61 Å². The molecule has 0 aliphatic heterocycles. The van der Waals surface area contributed by atoms with Gasteiger partial charge in [0.15, 0.2) is 0 Å². The van der Waals surface area contributed by atoms with Gasteiger partial charge in [-0.15, -0.1) is 0 Å². The number of carbonyl (C=O) groups excluding carboxylic acids is 1. The van der Waals surface area contributed by atoms with Gasteiger partial charge in [-0.05, 0) is 35.0 Å². The quantitative estimate of drug-likeness (QED) is 0.603. The minimum absolute atomic E-state index is 0.543. The van der Waals surface area contributed by atoms with Gasteiger partial charge in [0.1, 0.15) is 5.75 Å². The summed E-state index contributed by atoms with van der Waals surface area (Å²) in [5, 5.41) is 0. The first-order chi connectivity index (χ1) is 6.27. The number of benzene rings is 1. The Kier molecular flexibility index (Phi) is 3.68. The van der Waals surface area contributed by atoms with E-state index in [4.69, 9.17) is 4.74 Å². The zero-order valence-corrected chi connectivity index (χ0v) is 8.67. The number of rotatable bonds is 3. The zero-order valence-electron chi connectivity index (χ0n) is 7.08. The summed E-state index contributed by atoms with van der Waals surface area (Å²) in [5.74, 6) is 0.680. The van der Waals surface area contributed by atoms with Crippen LogP contribution in [0.2, 0.25) is 0 Å². The zero-order chi connectivity index (χ0) is 9.68. The lowest BCUT2D eigenvalue weighted by atomic mass is 10.3. The van der Waals surface area contributed by atoms with Crippen LogP contribution in [-0.4, -0.2) is 12.7 Å². The smallest absolute Gasteiger partial charge is 0.240 e. The van der Waals surface area contributed by atoms with Crippen molar-refractivity contribution >= 4 is 27.7 Å². The van der Waals surface area contributed by atoms with Gasteiger partial charge in [0.2, 0.25) is 6.08 Å². The van der Waals surface area contributed by atoms with Crippen LogP contribution in [0.4, 0.5) is 5.69 Å². The van der Waals surface area contributed by atoms with Crippen LogP contribution in [0.3, 0.4) is 0 Å². The molecule has 68 valence electrons. The Balaban J connectivity index is 3.03. The molecule has 0 N–H and O–H groups in total. The van der Waals surface area contributed by atoms with Crippen LogP contribution in [0.1, 0.15) is 6.92 Å². The molecular weight excluding hydrogens is 234 g/mol. The standard InChI is InChI=1S/C9H8BrNO2/c1-2-13-9-5-7(11-6-12)3-4-8(9)10/h3-5H,2H2,1H3. The van der Waals surface area contributed by atoms with Gasteiger partial charge in [-0.25, -0.2) is 4.79 Å². The molecule has 0 aliphatic rings. The maximum Gasteiger partial charge on any atom is 0.240 e. The molecule has 3 nitrogen and oxygen atoms in total. The summed E-state index contributed by atoms with van der Waals surface area (Å²) in [7, 11) is 0. The molecule has 4 heteroatoms. The Morgan fingerprint density at radius 1 is 1.62 bits per heavy atom. The van der Waals surface area contributed by atoms with E-state index in [1.54, 1.807) is 18.2 Å². The fourth-order valence-corrected chi connectivity index (χ4v) is 1.24. The van der Waals surface area contributed by atoms with Crippen molar-refractivity contribution in [2.24, 2.45) is 4.99 Å². The van der Waals surface area contributed by atoms with E-state index in [1.807, 2.05) is 6.92 Å². The van der Waals surface area contributed by atoms with Crippen molar-refractivity contribution in [2.45, 2.75) is 6.92 Å². The van der Waals surface area contributed by atoms with Gasteiger partial charge in [0.25, 0.3) is 0 Å². The Labute approximate surface area is 84.6 Å². The molecule has 1 rings (SSSR count). The van der Waals surface area contributed by atoms with Gasteiger partial charge in [-0.2, -0.15) is 4.99 Å². The Morgan fingerprint density at radius 2 is 2.38 bits per heavy atom. The molecule has 1 aromatic carbocycles. The first-order valence-corrected chi connectivity index (χ1v) is 4.57. The van der Waals surface area contributed by atoms with Crippen LogP contribution < -0.4 is 4.74 Å². The predicted octanol–water partition coefficient (Wildman–Crippen LogP) is 2.82. The lowest BCUT2D eigenvalue weighted by Gasteiger charge is -2.05. The molecule has 0 unspecified atom stereocenters. The molecule has 1 aromatic rings. The molecule has 0 saturated carbocycles. The largest absolute Gasteiger partial charge is 0.493 e. The third-order valence-electron chi connectivity index (χ3n) is 1.39. The van der Waals surface area contributed by atoms with Crippen molar-refractivity contribution in [1.29, 1.82) is 0 Å². The Morgan fingerprint density at radius 3 is 3.00 bits per heavy atom. The fraction of sp³-hybridized carbons (Fsp3) is 0.222. The van der Waals surface area contributed by atoms with Crippen molar-refractivity contribution in [3.05, 3.63) is 22.7 Å². The van der Waals surface area contributed by atoms with Gasteiger partial charge in [0.05, 0.1) is 16.8 Å². The average molecular weight is 242 g/mol. The summed E-state index contributed by atoms with van der Waals surface area (Å²) in [6.07, 6.45) is 1.48. The summed E-state index contributed by atoms with van der Waals surface area (Å²) in [6.45, 7) is 2.47. The van der Waals surface area contributed by atoms with Crippen molar-refractivity contribution in [1.82, 2.24) is 0 Å². The third kappa shape index (κ3) is 2.68. The van der Waals surface area contributed by atoms with Crippen molar-refractivity contribution in [3.63, 3.8) is 0 Å². The molecule has 0 fully saturated rings. The normalized spacial score (nSPS) is 9.08. The number of aliphatic imine (C=N–C) groups is 1. The van der Waals surface area contributed by atoms with E-state index < -0.39 is 0 Å². The first kappa shape index (κ1) is 9.96. The molecule has 13 heavy (non-hydrogen) atoms. The molecule has 0 heterocycles. The highest BCUT2D eigenvalue weighted by Gasteiger charge is 2.00. The van der Waals surface area contributed by atoms with Gasteiger partial charge >= 0.3 is 0 Å². The van der Waals surface area contributed by atoms with E-state index >= 15 is 0 Å². The van der Waals surface area contributed by atoms with E-state index in [1.165, 1.54) is 6.08 Å². The van der Waals surface area contributed by atoms with E-state index in [9.17, 15) is 4.79 Å². The van der Waals surface area contributed by atoms with Crippen LogP contribution >= 0.6 is 15.9 Å². The Bertz CT molecular complexity index is 345. The number of isocyanates is 1. The number of nitrogens with zero attached hydrogens (tertiary/aromatic N) is 1. The van der Waals surface area contributed by atoms with Gasteiger partial charge in [0, 0.05) is 6.07 Å². The minimum Gasteiger partial charge on any atom is -0.493 e. The van der Waals surface area contributed by atoms with Crippen LogP contribution in [-0.2, 0) is 4.79 Å². The lowest BCUT2D eigenvalue weighted by molar-refractivity contribution is 0.338. The lowest BCUT2D eigenvalue weighted by Crippen LogP contribution is -1.91. The number of hydrogen-bond acceptors (Lipinski definition) is 3. The molecule has 0 amide bonds. The Hall–Kier alpha value is -1.12. The van der Waals surface area contributed by atoms with Gasteiger partial charge < -0.3 is 4.74 Å². The summed E-state index contributed by atoms with van der Waals surface area (Å²) < 4.78 is 6.13. The van der Waals surface area contributed by atoms with Crippen LogP contribution in [0.15, 0.2) is 27.7 Å². The second kappa shape index (κ2) is 4.80. The second-order valence-corrected chi connectivity index (χ2v) is 3.11. The highest BCUT2D eigenvalue weighted by Crippen LogP contribution is 2.29. The van der Waals surface area contributed by atoms with E-state index in [0.717, 1.165) is 4.47 Å². The predicted molar refractivity (Wildman–Crippen MR) is 53.1 cm³/mol. The molecule has 0 aromatic heterocycles. The van der Waals surface area contributed by atoms with Crippen molar-refractivity contribution in [3.8, 4) is 5.75 Å². The second-order valence-electron chi connectivity index (χ2n) is 2.25. The van der Waals surface area contributed by atoms with E-state index in [-0.39, 0.29) is 0 Å². The SMILES string of the molecule is CCOc1cc(N=C=O)ccc1Br. The summed E-state index contributed by atoms with van der Waals surface area (Å²) in [4.78, 5) is 13.5. The number of ether oxygens (including phenoxy) is 1. The monoisotopic (exact) mass is 241 g/mol. The molecule has 0 bridgehead atoms. The molecule has 0 atom stereocenters. The third-order valence-corrected chi connectivity index (χ3v) is 2.04. The summed E-state index contributed by atoms with van der Waals surface area (Å²) in [5.41, 5.74) is 0.543. The maximum absolute atomic E-state index is 9.98. The highest BCUT2D eigenvalue weighted by atomic mass is 79.9. The first-order valence-electron chi connectivity index (χ1n) is 3.78. The van der Waals surface area contributed by atoms with E-state index in [2.05, 4.69) is 20.9 Å². The van der Waals surface area contributed by atoms with Gasteiger partial charge in [-0.3, -0.25) is 0 Å². The summed E-state index contributed by atoms with van der Waals surface area (Å²) >= 11 is 3.32. The molecule has 0 radical (unpaired) electrons. The van der Waals surface area contributed by atoms with Crippen LogP contribution in [0.5, 0.6) is 5.75 Å². The molecule has 0 aliphatic carbocycles. The number of hydrogen-bond donors (Lipinski definition) is 0. The van der Waals surface area contributed by atoms with Crippen molar-refractivity contribution < 1.29 is 9.53 Å². The summed E-state index contributed by atoms with van der Waals surface area (Å²) in [6, 6.07) is 5.16. The highest BCUT2D eigenvalue weighted by molar-refractivity contribution is 9.10.